The number of unbranched alkanes of at least 4 members (excludes halogenated alkanes) is 6. The third-order valence-electron chi connectivity index (χ3n) is 6.76. The summed E-state index contributed by atoms with van der Waals surface area (Å²) in [6.45, 7) is 6.01. The topological polar surface area (TPSA) is 146 Å². The van der Waals surface area contributed by atoms with Gasteiger partial charge in [-0.05, 0) is 37.8 Å². The number of esters is 4. The zero-order chi connectivity index (χ0) is 30.2. The van der Waals surface area contributed by atoms with Crippen LogP contribution in [0.3, 0.4) is 0 Å². The van der Waals surface area contributed by atoms with Crippen LogP contribution in [0.15, 0.2) is 12.1 Å². The first-order valence-corrected chi connectivity index (χ1v) is 15.0. The first kappa shape index (κ1) is 34.2. The molecule has 1 aliphatic carbocycles. The molecule has 2 rings (SSSR count). The molecule has 1 saturated carbocycles. The highest BCUT2D eigenvalue weighted by molar-refractivity contribution is 5.92. The second kappa shape index (κ2) is 18.5. The van der Waals surface area contributed by atoms with Crippen LogP contribution in [0.4, 0.5) is 0 Å². The van der Waals surface area contributed by atoms with E-state index in [0.717, 1.165) is 38.5 Å². The molecule has 0 radical (unpaired) electrons. The lowest BCUT2D eigenvalue weighted by atomic mass is 9.92. The van der Waals surface area contributed by atoms with Crippen molar-refractivity contribution >= 4 is 23.9 Å². The zero-order valence-electron chi connectivity index (χ0n) is 24.7. The fourth-order valence-electron chi connectivity index (χ4n) is 4.54. The number of hydrogen-bond acceptors (Lipinski definition) is 10. The minimum absolute atomic E-state index is 0.0990. The summed E-state index contributed by atoms with van der Waals surface area (Å²) < 4.78 is 22.2. The van der Waals surface area contributed by atoms with Crippen molar-refractivity contribution in [1.82, 2.24) is 0 Å². The van der Waals surface area contributed by atoms with Crippen molar-refractivity contribution in [2.24, 2.45) is 0 Å². The van der Waals surface area contributed by atoms with E-state index in [4.69, 9.17) is 18.9 Å². The SMILES string of the molecule is CCCCCC(=O)Oc1cc(C(=O)OC2CC(O)CC(O)C2)cc(OC(=O)CCCCC)c1OC(=O)CCCCC. The van der Waals surface area contributed by atoms with Crippen LogP contribution >= 0.6 is 0 Å². The highest BCUT2D eigenvalue weighted by atomic mass is 16.6. The largest absolute Gasteiger partial charge is 0.459 e. The Morgan fingerprint density at radius 1 is 0.659 bits per heavy atom. The fraction of sp³-hybridized carbons (Fsp3) is 0.677. The van der Waals surface area contributed by atoms with E-state index in [1.165, 1.54) is 12.1 Å². The van der Waals surface area contributed by atoms with Gasteiger partial charge in [0.1, 0.15) is 6.10 Å². The van der Waals surface area contributed by atoms with Crippen LogP contribution < -0.4 is 14.2 Å². The van der Waals surface area contributed by atoms with Crippen LogP contribution in [0.1, 0.15) is 127 Å². The molecule has 1 fully saturated rings. The summed E-state index contributed by atoms with van der Waals surface area (Å²) in [7, 11) is 0. The van der Waals surface area contributed by atoms with Crippen molar-refractivity contribution < 1.29 is 48.3 Å². The van der Waals surface area contributed by atoms with Crippen molar-refractivity contribution in [3.8, 4) is 17.2 Å². The van der Waals surface area contributed by atoms with Gasteiger partial charge in [0.25, 0.3) is 0 Å². The van der Waals surface area contributed by atoms with Crippen molar-refractivity contribution in [2.75, 3.05) is 0 Å². The Kier molecular flexibility index (Phi) is 15.4. The van der Waals surface area contributed by atoms with Crippen molar-refractivity contribution in [3.63, 3.8) is 0 Å². The van der Waals surface area contributed by atoms with E-state index >= 15 is 0 Å². The van der Waals surface area contributed by atoms with Crippen LogP contribution in [0.2, 0.25) is 0 Å². The monoisotopic (exact) mass is 578 g/mol. The Balaban J connectivity index is 2.43. The number of rotatable bonds is 17. The molecule has 2 unspecified atom stereocenters. The second-order valence-electron chi connectivity index (χ2n) is 10.6. The van der Waals surface area contributed by atoms with Crippen molar-refractivity contribution in [3.05, 3.63) is 17.7 Å². The molecule has 0 aliphatic heterocycles. The van der Waals surface area contributed by atoms with Gasteiger partial charge in [0.15, 0.2) is 11.5 Å². The van der Waals surface area contributed by atoms with Gasteiger partial charge in [-0.2, -0.15) is 0 Å². The van der Waals surface area contributed by atoms with Crippen LogP contribution in [-0.2, 0) is 19.1 Å². The Morgan fingerprint density at radius 2 is 1.07 bits per heavy atom. The molecule has 0 spiro atoms. The Labute approximate surface area is 242 Å². The van der Waals surface area contributed by atoms with Crippen molar-refractivity contribution in [2.45, 2.75) is 135 Å². The van der Waals surface area contributed by atoms with E-state index in [9.17, 15) is 29.4 Å². The number of ether oxygens (including phenoxy) is 4. The molecule has 0 amide bonds. The van der Waals surface area contributed by atoms with E-state index in [2.05, 4.69) is 0 Å². The maximum Gasteiger partial charge on any atom is 0.338 e. The van der Waals surface area contributed by atoms with Gasteiger partial charge in [0, 0.05) is 32.1 Å². The third-order valence-corrected chi connectivity index (χ3v) is 6.76. The molecular weight excluding hydrogens is 532 g/mol. The molecule has 0 bridgehead atoms. The summed E-state index contributed by atoms with van der Waals surface area (Å²) in [5.74, 6) is -3.32. The molecule has 230 valence electrons. The second-order valence-corrected chi connectivity index (χ2v) is 10.6. The van der Waals surface area contributed by atoms with Crippen LogP contribution in [0.5, 0.6) is 17.2 Å². The molecule has 41 heavy (non-hydrogen) atoms. The summed E-state index contributed by atoms with van der Waals surface area (Å²) in [4.78, 5) is 51.2. The number of benzene rings is 1. The first-order valence-electron chi connectivity index (χ1n) is 15.0. The summed E-state index contributed by atoms with van der Waals surface area (Å²) in [5.41, 5.74) is -0.0990. The van der Waals surface area contributed by atoms with Gasteiger partial charge < -0.3 is 29.2 Å². The van der Waals surface area contributed by atoms with Gasteiger partial charge in [0.05, 0.1) is 17.8 Å². The van der Waals surface area contributed by atoms with Crippen molar-refractivity contribution in [1.29, 1.82) is 0 Å². The quantitative estimate of drug-likeness (QED) is 0.137. The minimum Gasteiger partial charge on any atom is -0.459 e. The number of aliphatic hydroxyl groups excluding tert-OH is 2. The molecule has 1 aromatic rings. The lowest BCUT2D eigenvalue weighted by Gasteiger charge is -2.29. The Morgan fingerprint density at radius 3 is 1.49 bits per heavy atom. The maximum atomic E-state index is 13.2. The molecule has 2 N–H and O–H groups in total. The number of carbonyl (C=O) groups excluding carboxylic acids is 4. The van der Waals surface area contributed by atoms with E-state index in [0.29, 0.717) is 19.3 Å². The summed E-state index contributed by atoms with van der Waals surface area (Å²) in [5, 5.41) is 20.0. The van der Waals surface area contributed by atoms with Crippen LogP contribution in [0.25, 0.3) is 0 Å². The van der Waals surface area contributed by atoms with E-state index < -0.39 is 42.2 Å². The highest BCUT2D eigenvalue weighted by Crippen LogP contribution is 2.40. The van der Waals surface area contributed by atoms with Gasteiger partial charge in [-0.25, -0.2) is 4.79 Å². The average molecular weight is 579 g/mol. The lowest BCUT2D eigenvalue weighted by molar-refractivity contribution is -0.138. The number of aliphatic hydroxyl groups is 2. The fourth-order valence-corrected chi connectivity index (χ4v) is 4.54. The van der Waals surface area contributed by atoms with E-state index in [1.807, 2.05) is 20.8 Å². The molecule has 10 nitrogen and oxygen atoms in total. The molecule has 10 heteroatoms. The number of hydrogen-bond donors (Lipinski definition) is 2. The Hall–Kier alpha value is -2.98. The highest BCUT2D eigenvalue weighted by Gasteiger charge is 2.31. The predicted octanol–water partition coefficient (Wildman–Crippen LogP) is 5.57. The van der Waals surface area contributed by atoms with Gasteiger partial charge in [-0.1, -0.05) is 59.3 Å². The van der Waals surface area contributed by atoms with Gasteiger partial charge in [0.2, 0.25) is 5.75 Å². The van der Waals surface area contributed by atoms with E-state index in [1.54, 1.807) is 0 Å². The standard InChI is InChI=1S/C31H46O10/c1-4-7-10-13-27(34)39-25-16-21(31(37)38-24-19-22(32)18-23(33)20-24)17-26(40-28(35)14-11-8-5-2)30(25)41-29(36)15-12-9-6-3/h16-17,22-24,32-33H,4-15,18-20H2,1-3H3. The van der Waals surface area contributed by atoms with Crippen LogP contribution in [-0.4, -0.2) is 52.4 Å². The molecule has 0 saturated heterocycles. The normalized spacial score (nSPS) is 18.4. The van der Waals surface area contributed by atoms with Gasteiger partial charge >= 0.3 is 23.9 Å². The first-order chi connectivity index (χ1) is 19.7. The molecule has 1 aromatic carbocycles. The molecule has 0 heterocycles. The van der Waals surface area contributed by atoms with Gasteiger partial charge in [-0.15, -0.1) is 0 Å². The predicted molar refractivity (Wildman–Crippen MR) is 151 cm³/mol. The lowest BCUT2D eigenvalue weighted by Crippen LogP contribution is -2.35. The summed E-state index contributed by atoms with van der Waals surface area (Å²) >= 11 is 0. The van der Waals surface area contributed by atoms with Gasteiger partial charge in [-0.3, -0.25) is 14.4 Å². The van der Waals surface area contributed by atoms with Crippen LogP contribution in [0, 0.1) is 0 Å². The molecular formula is C31H46O10. The maximum absolute atomic E-state index is 13.2. The third kappa shape index (κ3) is 12.6. The molecule has 1 aliphatic rings. The summed E-state index contributed by atoms with van der Waals surface area (Å²) in [6, 6.07) is 2.44. The number of carbonyl (C=O) groups is 4. The minimum atomic E-state index is -0.830. The zero-order valence-corrected chi connectivity index (χ0v) is 24.7. The Bertz CT molecular complexity index is 950. The molecule has 0 aromatic heterocycles. The van der Waals surface area contributed by atoms with E-state index in [-0.39, 0.29) is 61.3 Å². The smallest absolute Gasteiger partial charge is 0.338 e. The molecule has 2 atom stereocenters. The summed E-state index contributed by atoms with van der Waals surface area (Å²) in [6.07, 6.45) is 5.42. The average Bonchev–Trinajstić information content (AvgIpc) is 2.90.